The van der Waals surface area contributed by atoms with E-state index in [-0.39, 0.29) is 24.1 Å². The van der Waals surface area contributed by atoms with Crippen LogP contribution in [0.5, 0.6) is 0 Å². The van der Waals surface area contributed by atoms with Crippen LogP contribution in [-0.4, -0.2) is 54.5 Å². The molecule has 3 rings (SSSR count). The Bertz CT molecular complexity index is 802. The number of benzene rings is 1. The second-order valence-electron chi connectivity index (χ2n) is 6.26. The van der Waals surface area contributed by atoms with E-state index in [4.69, 9.17) is 4.74 Å². The number of nitrogens with zero attached hydrogens (tertiary/aromatic N) is 3. The molecule has 0 spiro atoms. The van der Waals surface area contributed by atoms with Crippen molar-refractivity contribution >= 4 is 17.7 Å². The zero-order valence-corrected chi connectivity index (χ0v) is 15.2. The quantitative estimate of drug-likeness (QED) is 0.755. The molecule has 0 unspecified atom stereocenters. The van der Waals surface area contributed by atoms with Gasteiger partial charge in [0.25, 0.3) is 0 Å². The molecule has 7 heteroatoms. The Balaban J connectivity index is 1.55. The molecule has 1 aromatic carbocycles. The fourth-order valence-corrected chi connectivity index (χ4v) is 3.01. The second-order valence-corrected chi connectivity index (χ2v) is 6.26. The number of carbonyl (C=O) groups is 2. The molecule has 2 heterocycles. The average molecular weight is 371 g/mol. The molecule has 0 saturated carbocycles. The van der Waals surface area contributed by atoms with Gasteiger partial charge < -0.3 is 14.5 Å². The maximum atomic E-state index is 13.7. The summed E-state index contributed by atoms with van der Waals surface area (Å²) in [7, 11) is 0. The van der Waals surface area contributed by atoms with Crippen LogP contribution in [0.4, 0.5) is 10.2 Å². The van der Waals surface area contributed by atoms with Crippen LogP contribution in [0.25, 0.3) is 0 Å². The van der Waals surface area contributed by atoms with Crippen LogP contribution in [-0.2, 0) is 16.0 Å². The summed E-state index contributed by atoms with van der Waals surface area (Å²) in [5, 5.41) is 0. The lowest BCUT2D eigenvalue weighted by molar-refractivity contribution is -0.130. The summed E-state index contributed by atoms with van der Waals surface area (Å²) in [6.07, 6.45) is 1.57. The number of pyridine rings is 1. The Hall–Kier alpha value is -2.96. The highest BCUT2D eigenvalue weighted by atomic mass is 19.1. The Morgan fingerprint density at radius 3 is 2.48 bits per heavy atom. The number of amides is 1. The minimum Gasteiger partial charge on any atom is -0.462 e. The molecule has 27 heavy (non-hydrogen) atoms. The summed E-state index contributed by atoms with van der Waals surface area (Å²) in [4.78, 5) is 32.2. The van der Waals surface area contributed by atoms with Gasteiger partial charge >= 0.3 is 5.97 Å². The monoisotopic (exact) mass is 371 g/mol. The predicted octanol–water partition coefficient (Wildman–Crippen LogP) is 2.29. The van der Waals surface area contributed by atoms with Crippen molar-refractivity contribution in [2.45, 2.75) is 13.3 Å². The topological polar surface area (TPSA) is 62.7 Å². The maximum Gasteiger partial charge on any atom is 0.339 e. The first-order valence-corrected chi connectivity index (χ1v) is 8.97. The zero-order valence-electron chi connectivity index (χ0n) is 15.2. The SMILES string of the molecule is CCOC(=O)c1ccc(N2CCN(C(=O)Cc3ccccc3F)CC2)nc1. The Morgan fingerprint density at radius 2 is 1.85 bits per heavy atom. The maximum absolute atomic E-state index is 13.7. The molecule has 0 bridgehead atoms. The number of aromatic nitrogens is 1. The van der Waals surface area contributed by atoms with Crippen LogP contribution >= 0.6 is 0 Å². The molecular formula is C20H22FN3O3. The van der Waals surface area contributed by atoms with Crippen molar-refractivity contribution in [3.63, 3.8) is 0 Å². The number of hydrogen-bond acceptors (Lipinski definition) is 5. The lowest BCUT2D eigenvalue weighted by Crippen LogP contribution is -2.49. The van der Waals surface area contributed by atoms with E-state index >= 15 is 0 Å². The molecule has 1 aliphatic rings. The molecule has 142 valence electrons. The van der Waals surface area contributed by atoms with E-state index in [1.807, 2.05) is 0 Å². The summed E-state index contributed by atoms with van der Waals surface area (Å²) in [5.41, 5.74) is 0.834. The second kappa shape index (κ2) is 8.62. The highest BCUT2D eigenvalue weighted by Gasteiger charge is 2.22. The van der Waals surface area contributed by atoms with Gasteiger partial charge in [0.1, 0.15) is 11.6 Å². The van der Waals surface area contributed by atoms with Gasteiger partial charge in [-0.25, -0.2) is 14.2 Å². The zero-order chi connectivity index (χ0) is 19.2. The van der Waals surface area contributed by atoms with Gasteiger partial charge in [0, 0.05) is 32.4 Å². The Morgan fingerprint density at radius 1 is 1.11 bits per heavy atom. The smallest absolute Gasteiger partial charge is 0.339 e. The Labute approximate surface area is 157 Å². The number of esters is 1. The molecule has 1 aromatic heterocycles. The third-order valence-corrected chi connectivity index (χ3v) is 4.51. The van der Waals surface area contributed by atoms with Crippen LogP contribution < -0.4 is 4.90 Å². The fourth-order valence-electron chi connectivity index (χ4n) is 3.01. The van der Waals surface area contributed by atoms with E-state index < -0.39 is 0 Å². The van der Waals surface area contributed by atoms with Gasteiger partial charge in [-0.15, -0.1) is 0 Å². The lowest BCUT2D eigenvalue weighted by Gasteiger charge is -2.35. The molecule has 0 atom stereocenters. The number of anilines is 1. The van der Waals surface area contributed by atoms with Gasteiger partial charge in [0.2, 0.25) is 5.91 Å². The van der Waals surface area contributed by atoms with E-state index in [0.29, 0.717) is 43.9 Å². The summed E-state index contributed by atoms with van der Waals surface area (Å²) in [6, 6.07) is 9.82. The minimum absolute atomic E-state index is 0.0686. The summed E-state index contributed by atoms with van der Waals surface area (Å²) in [6.45, 7) is 4.45. The first kappa shape index (κ1) is 18.8. The summed E-state index contributed by atoms with van der Waals surface area (Å²) in [5.74, 6) is -0.0647. The van der Waals surface area contributed by atoms with Crippen molar-refractivity contribution in [3.8, 4) is 0 Å². The molecule has 0 radical (unpaired) electrons. The van der Waals surface area contributed by atoms with Crippen molar-refractivity contribution in [1.29, 1.82) is 0 Å². The molecule has 1 aliphatic heterocycles. The van der Waals surface area contributed by atoms with Crippen LogP contribution in [0.15, 0.2) is 42.6 Å². The number of ether oxygens (including phenoxy) is 1. The number of rotatable bonds is 5. The molecule has 0 aliphatic carbocycles. The molecule has 2 aromatic rings. The van der Waals surface area contributed by atoms with Crippen LogP contribution in [0, 0.1) is 5.82 Å². The highest BCUT2D eigenvalue weighted by molar-refractivity contribution is 5.89. The molecule has 1 fully saturated rings. The van der Waals surface area contributed by atoms with Crippen molar-refractivity contribution in [3.05, 3.63) is 59.5 Å². The summed E-state index contributed by atoms with van der Waals surface area (Å²) < 4.78 is 18.7. The largest absolute Gasteiger partial charge is 0.462 e. The third-order valence-electron chi connectivity index (χ3n) is 4.51. The van der Waals surface area contributed by atoms with Gasteiger partial charge in [-0.05, 0) is 30.7 Å². The normalized spacial score (nSPS) is 14.1. The van der Waals surface area contributed by atoms with Gasteiger partial charge in [0.15, 0.2) is 0 Å². The molecule has 1 amide bonds. The van der Waals surface area contributed by atoms with Gasteiger partial charge in [-0.2, -0.15) is 0 Å². The van der Waals surface area contributed by atoms with Crippen molar-refractivity contribution < 1.29 is 18.7 Å². The first-order chi connectivity index (χ1) is 13.1. The minimum atomic E-state index is -0.389. The fraction of sp³-hybridized carbons (Fsp3) is 0.350. The van der Waals surface area contributed by atoms with Crippen LogP contribution in [0.1, 0.15) is 22.8 Å². The van der Waals surface area contributed by atoms with E-state index in [2.05, 4.69) is 9.88 Å². The van der Waals surface area contributed by atoms with Crippen molar-refractivity contribution in [2.24, 2.45) is 0 Å². The molecule has 0 N–H and O–H groups in total. The van der Waals surface area contributed by atoms with E-state index in [9.17, 15) is 14.0 Å². The number of piperazine rings is 1. The predicted molar refractivity (Wildman–Crippen MR) is 99.1 cm³/mol. The Kier molecular flexibility index (Phi) is 6.01. The molecular weight excluding hydrogens is 349 g/mol. The molecule has 1 saturated heterocycles. The van der Waals surface area contributed by atoms with Crippen LogP contribution in [0.3, 0.4) is 0 Å². The first-order valence-electron chi connectivity index (χ1n) is 8.97. The van der Waals surface area contributed by atoms with Crippen molar-refractivity contribution in [1.82, 2.24) is 9.88 Å². The number of halogens is 1. The van der Waals surface area contributed by atoms with Gasteiger partial charge in [-0.1, -0.05) is 18.2 Å². The van der Waals surface area contributed by atoms with E-state index in [1.54, 1.807) is 42.2 Å². The lowest BCUT2D eigenvalue weighted by atomic mass is 10.1. The average Bonchev–Trinajstić information content (AvgIpc) is 2.70. The van der Waals surface area contributed by atoms with E-state index in [0.717, 1.165) is 5.82 Å². The highest BCUT2D eigenvalue weighted by Crippen LogP contribution is 2.16. The van der Waals surface area contributed by atoms with Gasteiger partial charge in [0.05, 0.1) is 18.6 Å². The van der Waals surface area contributed by atoms with E-state index in [1.165, 1.54) is 12.3 Å². The van der Waals surface area contributed by atoms with Crippen LogP contribution in [0.2, 0.25) is 0 Å². The number of carbonyl (C=O) groups excluding carboxylic acids is 2. The van der Waals surface area contributed by atoms with Gasteiger partial charge in [-0.3, -0.25) is 4.79 Å². The third kappa shape index (κ3) is 4.61. The van der Waals surface area contributed by atoms with Crippen molar-refractivity contribution in [2.75, 3.05) is 37.7 Å². The molecule has 6 nitrogen and oxygen atoms in total. The number of hydrogen-bond donors (Lipinski definition) is 0. The standard InChI is InChI=1S/C20H22FN3O3/c1-2-27-20(26)16-7-8-18(22-14-16)23-9-11-24(12-10-23)19(25)13-15-5-3-4-6-17(15)21/h3-8,14H,2,9-13H2,1H3. The summed E-state index contributed by atoms with van der Waals surface area (Å²) >= 11 is 0.